The first kappa shape index (κ1) is 11.0. The summed E-state index contributed by atoms with van der Waals surface area (Å²) in [6.45, 7) is 3.60. The van der Waals surface area contributed by atoms with Crippen molar-refractivity contribution in [1.29, 1.82) is 0 Å². The van der Waals surface area contributed by atoms with Gasteiger partial charge in [-0.25, -0.2) is 0 Å². The highest BCUT2D eigenvalue weighted by atomic mass is 79.9. The van der Waals surface area contributed by atoms with E-state index in [0.29, 0.717) is 5.69 Å². The van der Waals surface area contributed by atoms with Crippen LogP contribution in [0.25, 0.3) is 0 Å². The van der Waals surface area contributed by atoms with Crippen LogP contribution in [0.1, 0.15) is 11.1 Å². The van der Waals surface area contributed by atoms with E-state index in [1.807, 2.05) is 0 Å². The summed E-state index contributed by atoms with van der Waals surface area (Å²) in [5.41, 5.74) is 2.23. The standard InChI is InChI=1S/C10H12BrNO2/c1-6-3-8(12-9(13)5-11)4-7(2)10(6)14/h3-4,14H,5H2,1-2H3,(H,12,13). The third-order valence-electron chi connectivity index (χ3n) is 1.90. The fourth-order valence-electron chi connectivity index (χ4n) is 1.22. The predicted octanol–water partition coefficient (Wildman–Crippen LogP) is 2.34. The summed E-state index contributed by atoms with van der Waals surface area (Å²) in [5.74, 6) is 0.177. The lowest BCUT2D eigenvalue weighted by molar-refractivity contribution is -0.113. The van der Waals surface area contributed by atoms with Crippen LogP contribution in [-0.4, -0.2) is 16.3 Å². The van der Waals surface area contributed by atoms with Crippen LogP contribution < -0.4 is 5.32 Å². The number of phenols is 1. The van der Waals surface area contributed by atoms with Crippen LogP contribution in [0.4, 0.5) is 5.69 Å². The molecule has 1 rings (SSSR count). The van der Waals surface area contributed by atoms with Gasteiger partial charge in [-0.3, -0.25) is 4.79 Å². The van der Waals surface area contributed by atoms with Crippen molar-refractivity contribution in [2.75, 3.05) is 10.6 Å². The van der Waals surface area contributed by atoms with Crippen LogP contribution >= 0.6 is 15.9 Å². The second kappa shape index (κ2) is 4.46. The van der Waals surface area contributed by atoms with Crippen molar-refractivity contribution in [3.8, 4) is 5.75 Å². The van der Waals surface area contributed by atoms with Crippen LogP contribution in [-0.2, 0) is 4.79 Å². The summed E-state index contributed by atoms with van der Waals surface area (Å²) in [6, 6.07) is 3.48. The Labute approximate surface area is 91.3 Å². The molecule has 1 amide bonds. The predicted molar refractivity (Wildman–Crippen MR) is 60.0 cm³/mol. The fourth-order valence-corrected chi connectivity index (χ4v) is 1.36. The highest BCUT2D eigenvalue weighted by Gasteiger charge is 2.05. The molecule has 3 nitrogen and oxygen atoms in total. The normalized spacial score (nSPS) is 9.93. The molecule has 0 aliphatic heterocycles. The van der Waals surface area contributed by atoms with Crippen molar-refractivity contribution in [3.05, 3.63) is 23.3 Å². The first-order valence-electron chi connectivity index (χ1n) is 4.20. The van der Waals surface area contributed by atoms with Crippen molar-refractivity contribution in [2.24, 2.45) is 0 Å². The van der Waals surface area contributed by atoms with E-state index in [9.17, 15) is 9.90 Å². The molecule has 2 N–H and O–H groups in total. The van der Waals surface area contributed by atoms with Gasteiger partial charge >= 0.3 is 0 Å². The van der Waals surface area contributed by atoms with E-state index in [4.69, 9.17) is 0 Å². The molecule has 14 heavy (non-hydrogen) atoms. The van der Waals surface area contributed by atoms with Gasteiger partial charge in [0.05, 0.1) is 5.33 Å². The lowest BCUT2D eigenvalue weighted by Gasteiger charge is -2.08. The summed E-state index contributed by atoms with van der Waals surface area (Å²) in [4.78, 5) is 11.1. The minimum absolute atomic E-state index is 0.102. The van der Waals surface area contributed by atoms with E-state index in [-0.39, 0.29) is 17.0 Å². The minimum Gasteiger partial charge on any atom is -0.507 e. The molecule has 76 valence electrons. The first-order chi connectivity index (χ1) is 6.54. The highest BCUT2D eigenvalue weighted by Crippen LogP contribution is 2.25. The zero-order valence-electron chi connectivity index (χ0n) is 8.10. The number of halogens is 1. The van der Waals surface area contributed by atoms with Crippen molar-refractivity contribution >= 4 is 27.5 Å². The van der Waals surface area contributed by atoms with Gasteiger partial charge in [0.25, 0.3) is 0 Å². The van der Waals surface area contributed by atoms with Crippen molar-refractivity contribution in [3.63, 3.8) is 0 Å². The monoisotopic (exact) mass is 257 g/mol. The van der Waals surface area contributed by atoms with Gasteiger partial charge in [-0.05, 0) is 37.1 Å². The third-order valence-corrected chi connectivity index (χ3v) is 2.41. The molecule has 0 fully saturated rings. The summed E-state index contributed by atoms with van der Waals surface area (Å²) in [5, 5.41) is 12.5. The summed E-state index contributed by atoms with van der Waals surface area (Å²) < 4.78 is 0. The van der Waals surface area contributed by atoms with E-state index in [0.717, 1.165) is 11.1 Å². The van der Waals surface area contributed by atoms with Gasteiger partial charge in [-0.2, -0.15) is 0 Å². The summed E-state index contributed by atoms with van der Waals surface area (Å²) in [6.07, 6.45) is 0. The molecular formula is C10H12BrNO2. The average Bonchev–Trinajstić information content (AvgIpc) is 2.14. The SMILES string of the molecule is Cc1cc(NC(=O)CBr)cc(C)c1O. The number of aromatic hydroxyl groups is 1. The van der Waals surface area contributed by atoms with Gasteiger partial charge in [-0.15, -0.1) is 0 Å². The fraction of sp³-hybridized carbons (Fsp3) is 0.300. The van der Waals surface area contributed by atoms with E-state index in [1.54, 1.807) is 26.0 Å². The van der Waals surface area contributed by atoms with Gasteiger partial charge in [0.1, 0.15) is 5.75 Å². The Balaban J connectivity index is 2.95. The molecule has 0 unspecified atom stereocenters. The van der Waals surface area contributed by atoms with Crippen LogP contribution in [0, 0.1) is 13.8 Å². The van der Waals surface area contributed by atoms with Gasteiger partial charge in [0, 0.05) is 5.69 Å². The van der Waals surface area contributed by atoms with E-state index in [2.05, 4.69) is 21.2 Å². The number of aryl methyl sites for hydroxylation is 2. The zero-order valence-corrected chi connectivity index (χ0v) is 9.68. The van der Waals surface area contributed by atoms with Gasteiger partial charge in [-0.1, -0.05) is 15.9 Å². The number of nitrogens with one attached hydrogen (secondary N) is 1. The Bertz CT molecular complexity index is 340. The molecule has 4 heteroatoms. The molecule has 0 saturated carbocycles. The molecule has 1 aromatic carbocycles. The smallest absolute Gasteiger partial charge is 0.235 e. The van der Waals surface area contributed by atoms with Crippen LogP contribution in [0.3, 0.4) is 0 Å². The van der Waals surface area contributed by atoms with Crippen molar-refractivity contribution < 1.29 is 9.90 Å². The maximum absolute atomic E-state index is 11.1. The lowest BCUT2D eigenvalue weighted by atomic mass is 10.1. The second-order valence-corrected chi connectivity index (χ2v) is 3.70. The number of hydrogen-bond acceptors (Lipinski definition) is 2. The number of hydrogen-bond donors (Lipinski definition) is 2. The average molecular weight is 258 g/mol. The lowest BCUT2D eigenvalue weighted by Crippen LogP contribution is -2.12. The molecule has 0 bridgehead atoms. The number of carbonyl (C=O) groups excluding carboxylic acids is 1. The maximum atomic E-state index is 11.1. The van der Waals surface area contributed by atoms with Crippen molar-refractivity contribution in [2.45, 2.75) is 13.8 Å². The largest absolute Gasteiger partial charge is 0.507 e. The Morgan fingerprint density at radius 3 is 2.36 bits per heavy atom. The Morgan fingerprint density at radius 2 is 1.93 bits per heavy atom. The van der Waals surface area contributed by atoms with E-state index in [1.165, 1.54) is 0 Å². The zero-order chi connectivity index (χ0) is 10.7. The molecule has 1 aromatic rings. The van der Waals surface area contributed by atoms with Gasteiger partial charge < -0.3 is 10.4 Å². The molecule has 0 aromatic heterocycles. The third kappa shape index (κ3) is 2.48. The van der Waals surface area contributed by atoms with E-state index >= 15 is 0 Å². The number of phenolic OH excluding ortho intramolecular Hbond substituents is 1. The molecule has 0 spiro atoms. The van der Waals surface area contributed by atoms with E-state index < -0.39 is 0 Å². The van der Waals surface area contributed by atoms with Gasteiger partial charge in [0.15, 0.2) is 0 Å². The highest BCUT2D eigenvalue weighted by molar-refractivity contribution is 9.09. The quantitative estimate of drug-likeness (QED) is 0.631. The molecule has 0 aliphatic rings. The molecule has 0 aliphatic carbocycles. The number of rotatable bonds is 2. The number of carbonyl (C=O) groups is 1. The number of amides is 1. The summed E-state index contributed by atoms with van der Waals surface area (Å²) in [7, 11) is 0. The molecule has 0 radical (unpaired) electrons. The van der Waals surface area contributed by atoms with Crippen molar-refractivity contribution in [1.82, 2.24) is 0 Å². The van der Waals surface area contributed by atoms with Crippen LogP contribution in [0.15, 0.2) is 12.1 Å². The Kier molecular flexibility index (Phi) is 3.52. The summed E-state index contributed by atoms with van der Waals surface area (Å²) >= 11 is 3.06. The minimum atomic E-state index is -0.102. The number of alkyl halides is 1. The first-order valence-corrected chi connectivity index (χ1v) is 5.32. The second-order valence-electron chi connectivity index (χ2n) is 3.14. The molecule has 0 atom stereocenters. The topological polar surface area (TPSA) is 49.3 Å². The molecule has 0 saturated heterocycles. The van der Waals surface area contributed by atoms with Gasteiger partial charge in [0.2, 0.25) is 5.91 Å². The Morgan fingerprint density at radius 1 is 1.43 bits per heavy atom. The maximum Gasteiger partial charge on any atom is 0.235 e. The Hall–Kier alpha value is -1.03. The molecule has 0 heterocycles. The molecular weight excluding hydrogens is 246 g/mol. The van der Waals surface area contributed by atoms with Crippen LogP contribution in [0.2, 0.25) is 0 Å². The van der Waals surface area contributed by atoms with Crippen LogP contribution in [0.5, 0.6) is 5.75 Å². The number of anilines is 1. The number of benzene rings is 1.